The Hall–Kier alpha value is -1.49. The summed E-state index contributed by atoms with van der Waals surface area (Å²) in [7, 11) is -4.64. The summed E-state index contributed by atoms with van der Waals surface area (Å²) < 4.78 is 15.8. The Kier molecular flexibility index (Phi) is 5.51. The Balaban J connectivity index is 2.52. The molecule has 2 aromatic rings. The molecule has 0 bridgehead atoms. The summed E-state index contributed by atoms with van der Waals surface area (Å²) in [5, 5.41) is 0. The van der Waals surface area contributed by atoms with Gasteiger partial charge in [-0.15, -0.1) is 0 Å². The van der Waals surface area contributed by atoms with Crippen LogP contribution in [0.2, 0.25) is 0 Å². The van der Waals surface area contributed by atoms with Crippen molar-refractivity contribution in [2.75, 3.05) is 0 Å². The molecule has 0 heterocycles. The average molecular weight is 321 g/mol. The topological polar surface area (TPSA) is 78.8 Å². The standard InChI is InChI=1S/C16H20NO4P/c1-2-13-16(17-21-22(18,19)20,14-9-5-3-6-10-14)15-11-7-4-8-12-15/h3-12,17H,2,13H2,1H3,(H2,18,19,20). The lowest BCUT2D eigenvalue weighted by atomic mass is 9.80. The van der Waals surface area contributed by atoms with E-state index in [0.29, 0.717) is 6.42 Å². The minimum atomic E-state index is -4.64. The lowest BCUT2D eigenvalue weighted by molar-refractivity contribution is 0.0625. The van der Waals surface area contributed by atoms with Crippen molar-refractivity contribution in [1.82, 2.24) is 5.48 Å². The molecule has 0 atom stereocenters. The minimum absolute atomic E-state index is 0.626. The second kappa shape index (κ2) is 7.18. The number of hydrogen-bond acceptors (Lipinski definition) is 3. The zero-order valence-corrected chi connectivity index (χ0v) is 13.2. The number of hydrogen-bond donors (Lipinski definition) is 3. The van der Waals surface area contributed by atoms with E-state index >= 15 is 0 Å². The van der Waals surface area contributed by atoms with Gasteiger partial charge in [-0.1, -0.05) is 74.0 Å². The van der Waals surface area contributed by atoms with Crippen LogP contribution in [0, 0.1) is 0 Å². The maximum Gasteiger partial charge on any atom is 0.486 e. The van der Waals surface area contributed by atoms with Crippen LogP contribution in [-0.2, 0) is 14.7 Å². The van der Waals surface area contributed by atoms with Gasteiger partial charge in [0, 0.05) is 0 Å². The zero-order valence-electron chi connectivity index (χ0n) is 12.3. The molecular formula is C16H20NO4P. The summed E-state index contributed by atoms with van der Waals surface area (Å²) in [6, 6.07) is 19.0. The van der Waals surface area contributed by atoms with Crippen LogP contribution in [0.3, 0.4) is 0 Å². The fourth-order valence-corrected chi connectivity index (χ4v) is 2.86. The van der Waals surface area contributed by atoms with Crippen molar-refractivity contribution in [3.05, 3.63) is 71.8 Å². The summed E-state index contributed by atoms with van der Waals surface area (Å²) >= 11 is 0. The van der Waals surface area contributed by atoms with Crippen molar-refractivity contribution in [3.63, 3.8) is 0 Å². The van der Waals surface area contributed by atoms with E-state index in [-0.39, 0.29) is 0 Å². The molecule has 0 aliphatic rings. The first-order valence-electron chi connectivity index (χ1n) is 7.10. The monoisotopic (exact) mass is 321 g/mol. The third-order valence-corrected chi connectivity index (χ3v) is 3.83. The van der Waals surface area contributed by atoms with Crippen LogP contribution in [0.25, 0.3) is 0 Å². The predicted molar refractivity (Wildman–Crippen MR) is 84.8 cm³/mol. The zero-order chi connectivity index (χ0) is 16.1. The number of phosphoric acid groups is 1. The molecule has 0 saturated carbocycles. The highest BCUT2D eigenvalue weighted by molar-refractivity contribution is 7.46. The molecule has 6 heteroatoms. The van der Waals surface area contributed by atoms with Crippen LogP contribution >= 0.6 is 7.82 Å². The van der Waals surface area contributed by atoms with Crippen LogP contribution in [0.5, 0.6) is 0 Å². The first-order valence-corrected chi connectivity index (χ1v) is 8.63. The fourth-order valence-electron chi connectivity index (χ4n) is 2.58. The fraction of sp³-hybridized carbons (Fsp3) is 0.250. The van der Waals surface area contributed by atoms with Gasteiger partial charge >= 0.3 is 7.82 Å². The van der Waals surface area contributed by atoms with E-state index in [1.807, 2.05) is 67.6 Å². The molecule has 2 aromatic carbocycles. The SMILES string of the molecule is CCCC(NOP(=O)(O)O)(c1ccccc1)c1ccccc1. The third kappa shape index (κ3) is 4.03. The van der Waals surface area contributed by atoms with Crippen molar-refractivity contribution >= 4 is 7.82 Å². The summed E-state index contributed by atoms with van der Waals surface area (Å²) in [5.74, 6) is 0. The van der Waals surface area contributed by atoms with Gasteiger partial charge in [0.2, 0.25) is 0 Å². The van der Waals surface area contributed by atoms with Crippen LogP contribution in [0.15, 0.2) is 60.7 Å². The molecule has 0 radical (unpaired) electrons. The van der Waals surface area contributed by atoms with Crippen LogP contribution in [-0.4, -0.2) is 9.79 Å². The molecule has 5 nitrogen and oxygen atoms in total. The van der Waals surface area contributed by atoms with Gasteiger partial charge in [-0.05, 0) is 17.5 Å². The average Bonchev–Trinajstić information content (AvgIpc) is 2.52. The van der Waals surface area contributed by atoms with Crippen LogP contribution in [0.1, 0.15) is 30.9 Å². The van der Waals surface area contributed by atoms with Gasteiger partial charge in [0.1, 0.15) is 0 Å². The van der Waals surface area contributed by atoms with E-state index in [4.69, 9.17) is 9.79 Å². The summed E-state index contributed by atoms with van der Waals surface area (Å²) in [5.41, 5.74) is 3.59. The van der Waals surface area contributed by atoms with E-state index in [1.165, 1.54) is 0 Å². The molecule has 2 rings (SSSR count). The van der Waals surface area contributed by atoms with Gasteiger partial charge in [0.15, 0.2) is 0 Å². The molecule has 22 heavy (non-hydrogen) atoms. The van der Waals surface area contributed by atoms with Gasteiger partial charge in [-0.25, -0.2) is 4.57 Å². The van der Waals surface area contributed by atoms with Gasteiger partial charge in [0.25, 0.3) is 0 Å². The second-order valence-corrected chi connectivity index (χ2v) is 6.24. The van der Waals surface area contributed by atoms with Crippen molar-refractivity contribution in [3.8, 4) is 0 Å². The van der Waals surface area contributed by atoms with Crippen molar-refractivity contribution in [1.29, 1.82) is 0 Å². The molecule has 0 aliphatic carbocycles. The first-order chi connectivity index (χ1) is 10.5. The predicted octanol–water partition coefficient (Wildman–Crippen LogP) is 3.34. The highest BCUT2D eigenvalue weighted by Gasteiger charge is 2.35. The van der Waals surface area contributed by atoms with E-state index in [1.54, 1.807) is 0 Å². The van der Waals surface area contributed by atoms with Gasteiger partial charge in [-0.3, -0.25) is 0 Å². The lowest BCUT2D eigenvalue weighted by Gasteiger charge is -2.35. The Labute approximate surface area is 130 Å². The highest BCUT2D eigenvalue weighted by atomic mass is 31.2. The number of hydroxylamine groups is 1. The maximum atomic E-state index is 11.2. The summed E-state index contributed by atoms with van der Waals surface area (Å²) in [6.07, 6.45) is 1.43. The summed E-state index contributed by atoms with van der Waals surface area (Å²) in [4.78, 5) is 18.1. The van der Waals surface area contributed by atoms with Crippen molar-refractivity contribution < 1.29 is 19.0 Å². The van der Waals surface area contributed by atoms with Crippen LogP contribution in [0.4, 0.5) is 0 Å². The van der Waals surface area contributed by atoms with Crippen molar-refractivity contribution in [2.45, 2.75) is 25.3 Å². The largest absolute Gasteiger partial charge is 0.486 e. The smallest absolute Gasteiger partial charge is 0.302 e. The minimum Gasteiger partial charge on any atom is -0.302 e. The van der Waals surface area contributed by atoms with Gasteiger partial charge in [-0.2, -0.15) is 10.1 Å². The number of rotatable bonds is 7. The van der Waals surface area contributed by atoms with Gasteiger partial charge < -0.3 is 9.79 Å². The molecule has 0 fully saturated rings. The molecule has 0 aliphatic heterocycles. The van der Waals surface area contributed by atoms with Crippen LogP contribution < -0.4 is 5.48 Å². The Bertz CT molecular complexity index is 588. The van der Waals surface area contributed by atoms with E-state index < -0.39 is 13.4 Å². The molecule has 0 spiro atoms. The Morgan fingerprint density at radius 1 is 1.00 bits per heavy atom. The number of benzene rings is 2. The quantitative estimate of drug-likeness (QED) is 0.538. The normalized spacial score (nSPS) is 12.3. The second-order valence-electron chi connectivity index (χ2n) is 5.07. The number of nitrogens with one attached hydrogen (secondary N) is 1. The lowest BCUT2D eigenvalue weighted by Crippen LogP contribution is -2.42. The van der Waals surface area contributed by atoms with E-state index in [2.05, 4.69) is 10.1 Å². The molecule has 0 unspecified atom stereocenters. The summed E-state index contributed by atoms with van der Waals surface area (Å²) in [6.45, 7) is 2.01. The molecule has 118 valence electrons. The highest BCUT2D eigenvalue weighted by Crippen LogP contribution is 2.40. The molecule has 0 amide bonds. The Morgan fingerprint density at radius 2 is 1.45 bits per heavy atom. The third-order valence-electron chi connectivity index (χ3n) is 3.50. The maximum absolute atomic E-state index is 11.2. The molecular weight excluding hydrogens is 301 g/mol. The van der Waals surface area contributed by atoms with E-state index in [0.717, 1.165) is 17.5 Å². The molecule has 3 N–H and O–H groups in total. The van der Waals surface area contributed by atoms with Crippen molar-refractivity contribution in [2.24, 2.45) is 0 Å². The Morgan fingerprint density at radius 3 is 1.82 bits per heavy atom. The molecule has 0 aromatic heterocycles. The first kappa shape index (κ1) is 16.9. The van der Waals surface area contributed by atoms with E-state index in [9.17, 15) is 4.57 Å². The molecule has 0 saturated heterocycles. The van der Waals surface area contributed by atoms with Gasteiger partial charge in [0.05, 0.1) is 5.54 Å².